The van der Waals surface area contributed by atoms with Crippen molar-refractivity contribution in [2.75, 3.05) is 36.4 Å². The second-order valence-corrected chi connectivity index (χ2v) is 10.8. The number of anilines is 2. The number of pyridine rings is 1. The quantitative estimate of drug-likeness (QED) is 0.412. The summed E-state index contributed by atoms with van der Waals surface area (Å²) in [5.74, 6) is 0. The van der Waals surface area contributed by atoms with Gasteiger partial charge in [0.25, 0.3) is 5.56 Å². The number of fused-ring (bicyclic) bond motifs is 1. The molecule has 4 heterocycles. The van der Waals surface area contributed by atoms with Crippen LogP contribution in [0.25, 0.3) is 5.70 Å². The van der Waals surface area contributed by atoms with Crippen molar-refractivity contribution < 1.29 is 13.2 Å². The standard InChI is InChI=1S/C29H38F3N5O/c1-2-27(14-18-33-19-15-27)37-20-6-7-23(25-24(37)12-17-34-26(25)38)36-22-10-8-21(9-11-22)28(29(30,31)32)13-4-3-5-16-35-28/h7-12,17,33,35-36H,2-6,13-16,18-20H2,1H3,(H,34,38)/t28-/m0/s1. The van der Waals surface area contributed by atoms with E-state index in [1.54, 1.807) is 30.5 Å². The maximum atomic E-state index is 14.3. The van der Waals surface area contributed by atoms with Crippen LogP contribution in [0, 0.1) is 0 Å². The summed E-state index contributed by atoms with van der Waals surface area (Å²) in [6.07, 6.45) is 5.20. The van der Waals surface area contributed by atoms with Crippen LogP contribution in [-0.2, 0) is 5.54 Å². The first-order chi connectivity index (χ1) is 18.3. The third kappa shape index (κ3) is 4.86. The smallest absolute Gasteiger partial charge is 0.365 e. The van der Waals surface area contributed by atoms with Crippen LogP contribution < -0.4 is 26.4 Å². The van der Waals surface area contributed by atoms with E-state index in [9.17, 15) is 18.0 Å². The van der Waals surface area contributed by atoms with E-state index in [4.69, 9.17) is 0 Å². The number of hydrogen-bond acceptors (Lipinski definition) is 5. The lowest BCUT2D eigenvalue weighted by molar-refractivity contribution is -0.202. The fourth-order valence-corrected chi connectivity index (χ4v) is 6.55. The van der Waals surface area contributed by atoms with Gasteiger partial charge in [0.2, 0.25) is 0 Å². The monoisotopic (exact) mass is 529 g/mol. The third-order valence-corrected chi connectivity index (χ3v) is 8.76. The number of benzene rings is 1. The van der Waals surface area contributed by atoms with Crippen molar-refractivity contribution in [1.82, 2.24) is 15.6 Å². The molecule has 2 aromatic rings. The van der Waals surface area contributed by atoms with Gasteiger partial charge in [-0.1, -0.05) is 38.0 Å². The highest BCUT2D eigenvalue weighted by Crippen LogP contribution is 2.44. The summed E-state index contributed by atoms with van der Waals surface area (Å²) in [5.41, 5.74) is 0.835. The van der Waals surface area contributed by atoms with Gasteiger partial charge in [0.05, 0.1) is 11.3 Å². The Labute approximate surface area is 222 Å². The van der Waals surface area contributed by atoms with Crippen molar-refractivity contribution in [2.45, 2.75) is 75.5 Å². The van der Waals surface area contributed by atoms with E-state index in [0.717, 1.165) is 63.8 Å². The van der Waals surface area contributed by atoms with Gasteiger partial charge >= 0.3 is 6.18 Å². The Balaban J connectivity index is 1.45. The first-order valence-electron chi connectivity index (χ1n) is 13.9. The van der Waals surface area contributed by atoms with Gasteiger partial charge in [-0.3, -0.25) is 10.1 Å². The summed E-state index contributed by atoms with van der Waals surface area (Å²) < 4.78 is 42.9. The van der Waals surface area contributed by atoms with Crippen molar-refractivity contribution in [2.24, 2.45) is 0 Å². The maximum Gasteiger partial charge on any atom is 0.410 e. The molecule has 38 heavy (non-hydrogen) atoms. The molecule has 5 rings (SSSR count). The summed E-state index contributed by atoms with van der Waals surface area (Å²) in [4.78, 5) is 18.4. The number of halogens is 3. The third-order valence-electron chi connectivity index (χ3n) is 8.76. The van der Waals surface area contributed by atoms with Gasteiger partial charge in [-0.25, -0.2) is 0 Å². The fraction of sp³-hybridized carbons (Fsp3) is 0.552. The van der Waals surface area contributed by atoms with Crippen molar-refractivity contribution in [3.63, 3.8) is 0 Å². The Hall–Kier alpha value is -2.78. The number of H-pyrrole nitrogens is 1. The molecule has 206 valence electrons. The Morgan fingerprint density at radius 3 is 2.47 bits per heavy atom. The summed E-state index contributed by atoms with van der Waals surface area (Å²) >= 11 is 0. The van der Waals surface area contributed by atoms with E-state index in [-0.39, 0.29) is 23.1 Å². The van der Waals surface area contributed by atoms with Gasteiger partial charge in [0, 0.05) is 29.7 Å². The zero-order chi connectivity index (χ0) is 26.8. The molecular formula is C29H38F3N5O. The van der Waals surface area contributed by atoms with E-state index in [0.29, 0.717) is 29.9 Å². The summed E-state index contributed by atoms with van der Waals surface area (Å²) in [5, 5.41) is 9.63. The molecule has 0 spiro atoms. The normalized spacial score (nSPS) is 24.1. The molecule has 2 saturated heterocycles. The average Bonchev–Trinajstić information content (AvgIpc) is 3.28. The number of hydrogen-bond donors (Lipinski definition) is 4. The van der Waals surface area contributed by atoms with Crippen LogP contribution in [0.15, 0.2) is 47.4 Å². The largest absolute Gasteiger partial charge is 0.410 e. The van der Waals surface area contributed by atoms with Crippen LogP contribution in [-0.4, -0.2) is 42.9 Å². The molecule has 0 radical (unpaired) electrons. The topological polar surface area (TPSA) is 72.2 Å². The fourth-order valence-electron chi connectivity index (χ4n) is 6.55. The van der Waals surface area contributed by atoms with E-state index in [1.165, 1.54) is 0 Å². The van der Waals surface area contributed by atoms with Crippen LogP contribution in [0.4, 0.5) is 24.5 Å². The molecule has 4 N–H and O–H groups in total. The van der Waals surface area contributed by atoms with E-state index in [2.05, 4.69) is 32.8 Å². The minimum Gasteiger partial charge on any atom is -0.365 e. The van der Waals surface area contributed by atoms with Gasteiger partial charge in [-0.2, -0.15) is 13.2 Å². The second-order valence-electron chi connectivity index (χ2n) is 10.8. The van der Waals surface area contributed by atoms with Crippen molar-refractivity contribution in [3.05, 3.63) is 64.1 Å². The van der Waals surface area contributed by atoms with E-state index >= 15 is 0 Å². The molecule has 3 aliphatic heterocycles. The summed E-state index contributed by atoms with van der Waals surface area (Å²) in [7, 11) is 0. The molecule has 0 unspecified atom stereocenters. The van der Waals surface area contributed by atoms with Gasteiger partial charge in [0.15, 0.2) is 0 Å². The van der Waals surface area contributed by atoms with Crippen LogP contribution in [0.2, 0.25) is 0 Å². The second kappa shape index (κ2) is 10.8. The van der Waals surface area contributed by atoms with Crippen molar-refractivity contribution >= 4 is 17.1 Å². The molecule has 0 amide bonds. The molecule has 1 aromatic heterocycles. The predicted octanol–water partition coefficient (Wildman–Crippen LogP) is 5.49. The number of aromatic nitrogens is 1. The van der Waals surface area contributed by atoms with E-state index in [1.807, 2.05) is 12.1 Å². The average molecular weight is 530 g/mol. The highest BCUT2D eigenvalue weighted by atomic mass is 19.4. The highest BCUT2D eigenvalue weighted by molar-refractivity contribution is 5.84. The number of alkyl halides is 3. The number of aromatic amines is 1. The maximum absolute atomic E-state index is 14.3. The zero-order valence-electron chi connectivity index (χ0n) is 22.0. The lowest BCUT2D eigenvalue weighted by Crippen LogP contribution is -2.55. The van der Waals surface area contributed by atoms with Gasteiger partial charge in [0.1, 0.15) is 5.54 Å². The van der Waals surface area contributed by atoms with E-state index < -0.39 is 11.7 Å². The zero-order valence-corrected chi connectivity index (χ0v) is 22.0. The molecule has 9 heteroatoms. The molecule has 6 nitrogen and oxygen atoms in total. The highest BCUT2D eigenvalue weighted by Gasteiger charge is 2.55. The lowest BCUT2D eigenvalue weighted by Gasteiger charge is -2.48. The summed E-state index contributed by atoms with van der Waals surface area (Å²) in [6.45, 7) is 5.25. The minimum atomic E-state index is -4.39. The van der Waals surface area contributed by atoms with Gasteiger partial charge in [-0.05, 0) is 81.9 Å². The molecule has 1 aromatic carbocycles. The molecule has 1 atom stereocenters. The number of nitrogens with one attached hydrogen (secondary N) is 4. The SMILES string of the molecule is CCC1(N2CCC=C(Nc3ccc([C@]4(C(F)(F)F)CCCCCN4)cc3)c3c2cc[nH]c3=O)CCNCC1. The lowest BCUT2D eigenvalue weighted by atomic mass is 9.83. The molecule has 0 saturated carbocycles. The van der Waals surface area contributed by atoms with Crippen LogP contribution in [0.5, 0.6) is 0 Å². The van der Waals surface area contributed by atoms with Crippen molar-refractivity contribution in [1.29, 1.82) is 0 Å². The predicted molar refractivity (Wildman–Crippen MR) is 146 cm³/mol. The first kappa shape index (κ1) is 26.8. The molecule has 0 bridgehead atoms. The van der Waals surface area contributed by atoms with Crippen LogP contribution in [0.3, 0.4) is 0 Å². The van der Waals surface area contributed by atoms with Crippen LogP contribution in [0.1, 0.15) is 69.4 Å². The molecule has 2 fully saturated rings. The Bertz CT molecular complexity index is 1190. The van der Waals surface area contributed by atoms with Crippen LogP contribution >= 0.6 is 0 Å². The Morgan fingerprint density at radius 1 is 1.00 bits per heavy atom. The van der Waals surface area contributed by atoms with Crippen molar-refractivity contribution in [3.8, 4) is 0 Å². The summed E-state index contributed by atoms with van der Waals surface area (Å²) in [6, 6.07) is 8.49. The Kier molecular flexibility index (Phi) is 7.60. The minimum absolute atomic E-state index is 0.0175. The molecule has 0 aliphatic carbocycles. The molecule has 3 aliphatic rings. The number of nitrogens with zero attached hydrogens (tertiary/aromatic N) is 1. The molecular weight excluding hydrogens is 491 g/mol. The number of piperidine rings is 1. The first-order valence-corrected chi connectivity index (χ1v) is 13.9. The number of rotatable bonds is 5. The Morgan fingerprint density at radius 2 is 1.76 bits per heavy atom. The van der Waals surface area contributed by atoms with Gasteiger partial charge in [-0.15, -0.1) is 0 Å². The van der Waals surface area contributed by atoms with Gasteiger partial charge < -0.3 is 20.5 Å².